The van der Waals surface area contributed by atoms with Gasteiger partial charge in [-0.3, -0.25) is 4.79 Å². The molecule has 25 heavy (non-hydrogen) atoms. The average Bonchev–Trinajstić information content (AvgIpc) is 2.60. The first-order valence-corrected chi connectivity index (χ1v) is 8.44. The van der Waals surface area contributed by atoms with Crippen LogP contribution < -0.4 is 20.1 Å². The molecule has 5 nitrogen and oxygen atoms in total. The van der Waals surface area contributed by atoms with E-state index < -0.39 is 0 Å². The molecule has 1 amide bonds. The topological polar surface area (TPSA) is 59.6 Å². The number of anilines is 1. The molecule has 0 heterocycles. The van der Waals surface area contributed by atoms with Crippen LogP contribution in [0.4, 0.5) is 5.69 Å². The molecule has 2 N–H and O–H groups in total. The molecule has 0 aliphatic carbocycles. The minimum absolute atomic E-state index is 0.120. The van der Waals surface area contributed by atoms with Gasteiger partial charge in [-0.15, -0.1) is 0 Å². The van der Waals surface area contributed by atoms with Crippen LogP contribution in [-0.4, -0.2) is 19.6 Å². The van der Waals surface area contributed by atoms with Gasteiger partial charge in [0.2, 0.25) is 5.91 Å². The Kier molecular flexibility index (Phi) is 6.83. The summed E-state index contributed by atoms with van der Waals surface area (Å²) in [5.74, 6) is 1.41. The zero-order valence-electron chi connectivity index (χ0n) is 15.3. The largest absolute Gasteiger partial charge is 0.495 e. The van der Waals surface area contributed by atoms with Crippen LogP contribution in [0.25, 0.3) is 0 Å². The van der Waals surface area contributed by atoms with Crippen LogP contribution in [0.5, 0.6) is 11.5 Å². The fraction of sp³-hybridized carbons (Fsp3) is 0.350. The van der Waals surface area contributed by atoms with E-state index in [0.717, 1.165) is 23.4 Å². The van der Waals surface area contributed by atoms with Gasteiger partial charge >= 0.3 is 0 Å². The van der Waals surface area contributed by atoms with E-state index in [4.69, 9.17) is 9.47 Å². The van der Waals surface area contributed by atoms with Gasteiger partial charge in [-0.05, 0) is 49.2 Å². The van der Waals surface area contributed by atoms with Crippen molar-refractivity contribution < 1.29 is 14.3 Å². The Bertz CT molecular complexity index is 716. The van der Waals surface area contributed by atoms with Crippen molar-refractivity contribution in [3.63, 3.8) is 0 Å². The fourth-order valence-corrected chi connectivity index (χ4v) is 2.58. The van der Waals surface area contributed by atoms with Gasteiger partial charge < -0.3 is 20.1 Å². The van der Waals surface area contributed by atoms with E-state index in [9.17, 15) is 4.79 Å². The van der Waals surface area contributed by atoms with Gasteiger partial charge in [0.1, 0.15) is 11.5 Å². The predicted molar refractivity (Wildman–Crippen MR) is 100 cm³/mol. The minimum atomic E-state index is -0.121. The molecule has 0 fully saturated rings. The summed E-state index contributed by atoms with van der Waals surface area (Å²) in [4.78, 5) is 11.4. The highest BCUT2D eigenvalue weighted by molar-refractivity contribution is 5.90. The van der Waals surface area contributed by atoms with Gasteiger partial charge in [0, 0.05) is 19.5 Å². The molecule has 0 saturated carbocycles. The van der Waals surface area contributed by atoms with Crippen molar-refractivity contribution in [1.29, 1.82) is 0 Å². The molecular formula is C20H26N2O3. The SMILES string of the molecule is CCOc1cccc(CN[C@H](C)c2ccc(OC)c(NC(C)=O)c2)c1. The van der Waals surface area contributed by atoms with Gasteiger partial charge in [0.05, 0.1) is 19.4 Å². The van der Waals surface area contributed by atoms with Crippen molar-refractivity contribution in [3.05, 3.63) is 53.6 Å². The number of ether oxygens (including phenoxy) is 2. The second kappa shape index (κ2) is 9.08. The van der Waals surface area contributed by atoms with Crippen molar-refractivity contribution in [2.24, 2.45) is 0 Å². The smallest absolute Gasteiger partial charge is 0.221 e. The molecular weight excluding hydrogens is 316 g/mol. The molecule has 0 radical (unpaired) electrons. The number of amides is 1. The highest BCUT2D eigenvalue weighted by Gasteiger charge is 2.11. The quantitative estimate of drug-likeness (QED) is 0.764. The first-order chi connectivity index (χ1) is 12.0. The Hall–Kier alpha value is -2.53. The lowest BCUT2D eigenvalue weighted by atomic mass is 10.1. The summed E-state index contributed by atoms with van der Waals surface area (Å²) in [5.41, 5.74) is 2.92. The van der Waals surface area contributed by atoms with Crippen molar-refractivity contribution in [2.45, 2.75) is 33.4 Å². The van der Waals surface area contributed by atoms with Crippen molar-refractivity contribution >= 4 is 11.6 Å². The molecule has 2 aromatic rings. The number of methoxy groups -OCH3 is 1. The molecule has 0 spiro atoms. The zero-order valence-corrected chi connectivity index (χ0v) is 15.3. The number of carbonyl (C=O) groups is 1. The Morgan fingerprint density at radius 2 is 2.00 bits per heavy atom. The molecule has 5 heteroatoms. The number of hydrogen-bond acceptors (Lipinski definition) is 4. The molecule has 0 unspecified atom stereocenters. The first-order valence-electron chi connectivity index (χ1n) is 8.44. The Balaban J connectivity index is 2.06. The lowest BCUT2D eigenvalue weighted by Crippen LogP contribution is -2.18. The van der Waals surface area contributed by atoms with Crippen LogP contribution in [0.3, 0.4) is 0 Å². The third kappa shape index (κ3) is 5.50. The van der Waals surface area contributed by atoms with Gasteiger partial charge in [-0.25, -0.2) is 0 Å². The van der Waals surface area contributed by atoms with Crippen LogP contribution in [0, 0.1) is 0 Å². The summed E-state index contributed by atoms with van der Waals surface area (Å²) in [6.45, 7) is 6.93. The van der Waals surface area contributed by atoms with Crippen LogP contribution in [0.15, 0.2) is 42.5 Å². The first kappa shape index (κ1) is 18.8. The Morgan fingerprint density at radius 1 is 1.20 bits per heavy atom. The highest BCUT2D eigenvalue weighted by atomic mass is 16.5. The Labute approximate surface area is 149 Å². The third-order valence-corrected chi connectivity index (χ3v) is 3.86. The van der Waals surface area contributed by atoms with Crippen molar-refractivity contribution in [3.8, 4) is 11.5 Å². The van der Waals surface area contributed by atoms with E-state index in [1.807, 2.05) is 43.3 Å². The maximum absolute atomic E-state index is 11.4. The molecule has 1 atom stereocenters. The third-order valence-electron chi connectivity index (χ3n) is 3.86. The summed E-state index contributed by atoms with van der Waals surface area (Å²) in [7, 11) is 1.59. The number of hydrogen-bond donors (Lipinski definition) is 2. The average molecular weight is 342 g/mol. The Morgan fingerprint density at radius 3 is 2.68 bits per heavy atom. The summed E-state index contributed by atoms with van der Waals surface area (Å²) in [5, 5.41) is 6.30. The minimum Gasteiger partial charge on any atom is -0.495 e. The second-order valence-electron chi connectivity index (χ2n) is 5.82. The lowest BCUT2D eigenvalue weighted by Gasteiger charge is -2.17. The zero-order chi connectivity index (χ0) is 18.2. The van der Waals surface area contributed by atoms with E-state index in [-0.39, 0.29) is 11.9 Å². The molecule has 0 saturated heterocycles. The highest BCUT2D eigenvalue weighted by Crippen LogP contribution is 2.28. The predicted octanol–water partition coefficient (Wildman–Crippen LogP) is 3.90. The number of benzene rings is 2. The molecule has 2 rings (SSSR count). The van der Waals surface area contributed by atoms with Crippen LogP contribution in [0.1, 0.15) is 37.9 Å². The number of rotatable bonds is 8. The maximum atomic E-state index is 11.4. The summed E-state index contributed by atoms with van der Waals surface area (Å²) < 4.78 is 10.8. The van der Waals surface area contributed by atoms with E-state index in [1.165, 1.54) is 6.92 Å². The van der Waals surface area contributed by atoms with E-state index in [1.54, 1.807) is 7.11 Å². The van der Waals surface area contributed by atoms with E-state index in [2.05, 4.69) is 23.6 Å². The van der Waals surface area contributed by atoms with Crippen LogP contribution in [-0.2, 0) is 11.3 Å². The summed E-state index contributed by atoms with van der Waals surface area (Å²) in [6.07, 6.45) is 0. The molecule has 0 aliphatic heterocycles. The molecule has 134 valence electrons. The van der Waals surface area contributed by atoms with Gasteiger partial charge in [-0.1, -0.05) is 18.2 Å². The number of carbonyl (C=O) groups excluding carboxylic acids is 1. The van der Waals surface area contributed by atoms with Crippen molar-refractivity contribution in [1.82, 2.24) is 5.32 Å². The normalized spacial score (nSPS) is 11.7. The van der Waals surface area contributed by atoms with Crippen molar-refractivity contribution in [2.75, 3.05) is 19.0 Å². The molecule has 2 aromatic carbocycles. The van der Waals surface area contributed by atoms with Gasteiger partial charge in [0.15, 0.2) is 0 Å². The lowest BCUT2D eigenvalue weighted by molar-refractivity contribution is -0.114. The van der Waals surface area contributed by atoms with Crippen LogP contribution >= 0.6 is 0 Å². The summed E-state index contributed by atoms with van der Waals surface area (Å²) in [6, 6.07) is 14.0. The molecule has 0 aromatic heterocycles. The van der Waals surface area contributed by atoms with Gasteiger partial charge in [-0.2, -0.15) is 0 Å². The number of nitrogens with one attached hydrogen (secondary N) is 2. The van der Waals surface area contributed by atoms with Crippen LogP contribution in [0.2, 0.25) is 0 Å². The van der Waals surface area contributed by atoms with Gasteiger partial charge in [0.25, 0.3) is 0 Å². The monoisotopic (exact) mass is 342 g/mol. The molecule has 0 aliphatic rings. The van der Waals surface area contributed by atoms with E-state index in [0.29, 0.717) is 18.0 Å². The summed E-state index contributed by atoms with van der Waals surface area (Å²) >= 11 is 0. The maximum Gasteiger partial charge on any atom is 0.221 e. The van der Waals surface area contributed by atoms with E-state index >= 15 is 0 Å². The fourth-order valence-electron chi connectivity index (χ4n) is 2.58. The second-order valence-corrected chi connectivity index (χ2v) is 5.82. The standard InChI is InChI=1S/C20H26N2O3/c1-5-25-18-8-6-7-16(11-18)13-21-14(2)17-9-10-20(24-4)19(12-17)22-15(3)23/h6-12,14,21H,5,13H2,1-4H3,(H,22,23)/t14-/m1/s1. The molecule has 0 bridgehead atoms.